The predicted octanol–water partition coefficient (Wildman–Crippen LogP) is 2.26. The molecule has 0 saturated carbocycles. The Labute approximate surface area is 90.2 Å². The molecular formula is C11H18N2O2. The Morgan fingerprint density at radius 2 is 2.07 bits per heavy atom. The van der Waals surface area contributed by atoms with Gasteiger partial charge in [-0.15, -0.1) is 0 Å². The summed E-state index contributed by atoms with van der Waals surface area (Å²) < 4.78 is 6.79. The van der Waals surface area contributed by atoms with Gasteiger partial charge in [0.25, 0.3) is 0 Å². The topological polar surface area (TPSA) is 44.1 Å². The van der Waals surface area contributed by atoms with Crippen LogP contribution < -0.4 is 0 Å². The minimum absolute atomic E-state index is 0.256. The molecule has 15 heavy (non-hydrogen) atoms. The van der Waals surface area contributed by atoms with Gasteiger partial charge in [-0.05, 0) is 34.6 Å². The third kappa shape index (κ3) is 2.19. The van der Waals surface area contributed by atoms with Crippen LogP contribution in [0.2, 0.25) is 0 Å². The van der Waals surface area contributed by atoms with Gasteiger partial charge in [-0.1, -0.05) is 0 Å². The molecule has 1 rings (SSSR count). The fourth-order valence-electron chi connectivity index (χ4n) is 1.50. The van der Waals surface area contributed by atoms with Gasteiger partial charge in [-0.3, -0.25) is 4.68 Å². The standard InChI is InChI=1S/C11H18N2O2/c1-6-15-11(14)10-8(4)9(5)13(12-10)7(2)3/h7H,6H2,1-5H3. The van der Waals surface area contributed by atoms with E-state index < -0.39 is 0 Å². The molecule has 0 aliphatic heterocycles. The molecule has 0 aliphatic carbocycles. The largest absolute Gasteiger partial charge is 0.461 e. The zero-order chi connectivity index (χ0) is 11.6. The summed E-state index contributed by atoms with van der Waals surface area (Å²) in [5.74, 6) is -0.336. The number of carbonyl (C=O) groups is 1. The molecule has 1 heterocycles. The molecule has 84 valence electrons. The first-order valence-electron chi connectivity index (χ1n) is 5.21. The Bertz CT molecular complexity index is 367. The van der Waals surface area contributed by atoms with Crippen LogP contribution in [0.15, 0.2) is 0 Å². The summed E-state index contributed by atoms with van der Waals surface area (Å²) >= 11 is 0. The molecule has 0 aliphatic rings. The average Bonchev–Trinajstić information content (AvgIpc) is 2.45. The van der Waals surface area contributed by atoms with Gasteiger partial charge in [-0.25, -0.2) is 4.79 Å². The highest BCUT2D eigenvalue weighted by atomic mass is 16.5. The molecule has 0 N–H and O–H groups in total. The summed E-state index contributed by atoms with van der Waals surface area (Å²) in [5, 5.41) is 4.27. The maximum atomic E-state index is 11.6. The normalized spacial score (nSPS) is 10.8. The highest BCUT2D eigenvalue weighted by Gasteiger charge is 2.19. The molecule has 4 nitrogen and oxygen atoms in total. The highest BCUT2D eigenvalue weighted by Crippen LogP contribution is 2.17. The van der Waals surface area contributed by atoms with Gasteiger partial charge in [0.15, 0.2) is 5.69 Å². The second-order valence-corrected chi connectivity index (χ2v) is 3.82. The van der Waals surface area contributed by atoms with Crippen molar-refractivity contribution in [3.8, 4) is 0 Å². The van der Waals surface area contributed by atoms with Crippen molar-refractivity contribution >= 4 is 5.97 Å². The van der Waals surface area contributed by atoms with Crippen molar-refractivity contribution < 1.29 is 9.53 Å². The van der Waals surface area contributed by atoms with E-state index in [9.17, 15) is 4.79 Å². The lowest BCUT2D eigenvalue weighted by Gasteiger charge is -2.07. The molecule has 1 aromatic rings. The number of carbonyl (C=O) groups excluding carboxylic acids is 1. The van der Waals surface area contributed by atoms with Crippen molar-refractivity contribution in [1.82, 2.24) is 9.78 Å². The second kappa shape index (κ2) is 4.47. The van der Waals surface area contributed by atoms with E-state index >= 15 is 0 Å². The molecule has 4 heteroatoms. The molecule has 1 aromatic heterocycles. The molecule has 0 fully saturated rings. The molecule has 0 radical (unpaired) electrons. The van der Waals surface area contributed by atoms with Crippen LogP contribution >= 0.6 is 0 Å². The number of hydrogen-bond acceptors (Lipinski definition) is 3. The molecule has 0 amide bonds. The summed E-state index contributed by atoms with van der Waals surface area (Å²) in [6.07, 6.45) is 0. The van der Waals surface area contributed by atoms with Gasteiger partial charge < -0.3 is 4.74 Å². The van der Waals surface area contributed by atoms with Crippen molar-refractivity contribution in [1.29, 1.82) is 0 Å². The van der Waals surface area contributed by atoms with Crippen LogP contribution in [0, 0.1) is 13.8 Å². The summed E-state index contributed by atoms with van der Waals surface area (Å²) in [5.41, 5.74) is 2.36. The maximum Gasteiger partial charge on any atom is 0.359 e. The Hall–Kier alpha value is -1.32. The van der Waals surface area contributed by atoms with E-state index in [1.807, 2.05) is 32.4 Å². The number of aromatic nitrogens is 2. The van der Waals surface area contributed by atoms with E-state index in [-0.39, 0.29) is 12.0 Å². The van der Waals surface area contributed by atoms with Crippen molar-refractivity contribution in [3.05, 3.63) is 17.0 Å². The zero-order valence-electron chi connectivity index (χ0n) is 10.00. The molecule has 0 saturated heterocycles. The average molecular weight is 210 g/mol. The van der Waals surface area contributed by atoms with Crippen molar-refractivity contribution in [2.45, 2.75) is 40.7 Å². The quantitative estimate of drug-likeness (QED) is 0.719. The molecule has 0 spiro atoms. The number of ether oxygens (including phenoxy) is 1. The minimum atomic E-state index is -0.336. The lowest BCUT2D eigenvalue weighted by Crippen LogP contribution is -2.09. The van der Waals surface area contributed by atoms with E-state index in [1.54, 1.807) is 6.92 Å². The molecular weight excluding hydrogens is 192 g/mol. The van der Waals surface area contributed by atoms with E-state index in [1.165, 1.54) is 0 Å². The van der Waals surface area contributed by atoms with Crippen LogP contribution in [-0.2, 0) is 4.74 Å². The first-order valence-corrected chi connectivity index (χ1v) is 5.21. The van der Waals surface area contributed by atoms with Crippen LogP contribution in [0.25, 0.3) is 0 Å². The van der Waals surface area contributed by atoms with Crippen LogP contribution in [0.3, 0.4) is 0 Å². The lowest BCUT2D eigenvalue weighted by molar-refractivity contribution is 0.0517. The number of hydrogen-bond donors (Lipinski definition) is 0. The maximum absolute atomic E-state index is 11.6. The van der Waals surface area contributed by atoms with Crippen molar-refractivity contribution in [3.63, 3.8) is 0 Å². The van der Waals surface area contributed by atoms with Gasteiger partial charge in [0.2, 0.25) is 0 Å². The molecule has 0 atom stereocenters. The zero-order valence-corrected chi connectivity index (χ0v) is 10.00. The lowest BCUT2D eigenvalue weighted by atomic mass is 10.2. The van der Waals surface area contributed by atoms with Gasteiger partial charge >= 0.3 is 5.97 Å². The molecule has 0 bridgehead atoms. The molecule has 0 unspecified atom stereocenters. The summed E-state index contributed by atoms with van der Waals surface area (Å²) in [4.78, 5) is 11.6. The number of esters is 1. The SMILES string of the molecule is CCOC(=O)c1nn(C(C)C)c(C)c1C. The second-order valence-electron chi connectivity index (χ2n) is 3.82. The third-order valence-corrected chi connectivity index (χ3v) is 2.41. The van der Waals surface area contributed by atoms with Crippen LogP contribution in [0.4, 0.5) is 0 Å². The smallest absolute Gasteiger partial charge is 0.359 e. The van der Waals surface area contributed by atoms with Crippen molar-refractivity contribution in [2.24, 2.45) is 0 Å². The summed E-state index contributed by atoms with van der Waals surface area (Å²) in [6, 6.07) is 0.256. The predicted molar refractivity (Wildman–Crippen MR) is 58.0 cm³/mol. The van der Waals surface area contributed by atoms with Crippen LogP contribution in [-0.4, -0.2) is 22.4 Å². The van der Waals surface area contributed by atoms with Crippen molar-refractivity contribution in [2.75, 3.05) is 6.61 Å². The van der Waals surface area contributed by atoms with E-state index in [0.29, 0.717) is 12.3 Å². The Kier molecular flexibility index (Phi) is 3.50. The summed E-state index contributed by atoms with van der Waals surface area (Å²) in [6.45, 7) is 10.1. The van der Waals surface area contributed by atoms with Crippen LogP contribution in [0.1, 0.15) is 48.6 Å². The number of rotatable bonds is 3. The van der Waals surface area contributed by atoms with E-state index in [2.05, 4.69) is 5.10 Å². The Balaban J connectivity index is 3.10. The Morgan fingerprint density at radius 3 is 2.47 bits per heavy atom. The van der Waals surface area contributed by atoms with Crippen LogP contribution in [0.5, 0.6) is 0 Å². The van der Waals surface area contributed by atoms with Gasteiger partial charge in [0, 0.05) is 17.3 Å². The van der Waals surface area contributed by atoms with Gasteiger partial charge in [0.1, 0.15) is 0 Å². The first kappa shape index (κ1) is 11.8. The fraction of sp³-hybridized carbons (Fsp3) is 0.636. The third-order valence-electron chi connectivity index (χ3n) is 2.41. The van der Waals surface area contributed by atoms with E-state index in [4.69, 9.17) is 4.74 Å². The Morgan fingerprint density at radius 1 is 1.47 bits per heavy atom. The van der Waals surface area contributed by atoms with Gasteiger partial charge in [-0.2, -0.15) is 5.10 Å². The molecule has 0 aromatic carbocycles. The van der Waals surface area contributed by atoms with Gasteiger partial charge in [0.05, 0.1) is 6.61 Å². The van der Waals surface area contributed by atoms with E-state index in [0.717, 1.165) is 11.3 Å². The monoisotopic (exact) mass is 210 g/mol. The highest BCUT2D eigenvalue weighted by molar-refractivity contribution is 5.89. The fourth-order valence-corrected chi connectivity index (χ4v) is 1.50. The minimum Gasteiger partial charge on any atom is -0.461 e. The number of nitrogens with zero attached hydrogens (tertiary/aromatic N) is 2. The summed E-state index contributed by atoms with van der Waals surface area (Å²) in [7, 11) is 0. The first-order chi connectivity index (χ1) is 6.99.